The van der Waals surface area contributed by atoms with Crippen molar-refractivity contribution >= 4 is 17.0 Å². The monoisotopic (exact) mass is 318 g/mol. The van der Waals surface area contributed by atoms with E-state index in [0.717, 1.165) is 25.2 Å². The van der Waals surface area contributed by atoms with Crippen LogP contribution in [0.2, 0.25) is 0 Å². The third kappa shape index (κ3) is 3.30. The number of piperazine rings is 1. The maximum absolute atomic E-state index is 12.5. The van der Waals surface area contributed by atoms with Crippen LogP contribution in [0.25, 0.3) is 11.1 Å². The highest BCUT2D eigenvalue weighted by atomic mass is 16.4. The van der Waals surface area contributed by atoms with Gasteiger partial charge in [-0.1, -0.05) is 0 Å². The lowest BCUT2D eigenvalue weighted by molar-refractivity contribution is 0.0736. The molecule has 0 unspecified atom stereocenters. The molecule has 1 aromatic carbocycles. The Kier molecular flexibility index (Phi) is 4.49. The first-order chi connectivity index (χ1) is 11.1. The number of carbonyl (C=O) groups is 1. The van der Waals surface area contributed by atoms with E-state index in [1.807, 2.05) is 23.9 Å². The van der Waals surface area contributed by atoms with E-state index in [0.29, 0.717) is 30.8 Å². The molecule has 0 saturated carbocycles. The molecule has 124 valence electrons. The quantitative estimate of drug-likeness (QED) is 0.872. The fourth-order valence-electron chi connectivity index (χ4n) is 2.76. The molecule has 1 N–H and O–H groups in total. The summed E-state index contributed by atoms with van der Waals surface area (Å²) in [4.78, 5) is 28.3. The van der Waals surface area contributed by atoms with Gasteiger partial charge in [-0.15, -0.1) is 0 Å². The number of carbonyl (C=O) groups excluding carboxylic acids is 1. The van der Waals surface area contributed by atoms with Crippen molar-refractivity contribution in [1.82, 2.24) is 19.7 Å². The van der Waals surface area contributed by atoms with Gasteiger partial charge in [0.15, 0.2) is 5.58 Å². The first-order valence-electron chi connectivity index (χ1n) is 7.84. The molecule has 1 saturated heterocycles. The summed E-state index contributed by atoms with van der Waals surface area (Å²) in [7, 11) is 3.91. The Morgan fingerprint density at radius 3 is 2.74 bits per heavy atom. The van der Waals surface area contributed by atoms with Crippen LogP contribution in [-0.4, -0.2) is 67.1 Å². The maximum Gasteiger partial charge on any atom is 0.419 e. The number of nitrogens with zero attached hydrogens (tertiary/aromatic N) is 3. The van der Waals surface area contributed by atoms with Gasteiger partial charge in [-0.3, -0.25) is 9.36 Å². The fraction of sp³-hybridized carbons (Fsp3) is 0.500. The van der Waals surface area contributed by atoms with Crippen molar-refractivity contribution in [1.29, 1.82) is 0 Å². The normalized spacial score (nSPS) is 15.5. The molecule has 2 heterocycles. The lowest BCUT2D eigenvalue weighted by Gasteiger charge is -2.27. The van der Waals surface area contributed by atoms with Gasteiger partial charge in [-0.2, -0.15) is 0 Å². The minimum absolute atomic E-state index is 0.0166. The molecule has 0 radical (unpaired) electrons. The number of hydrogen-bond donors (Lipinski definition) is 1. The number of aromatic nitrogens is 1. The van der Waals surface area contributed by atoms with Crippen molar-refractivity contribution in [2.24, 2.45) is 0 Å². The molecule has 0 bridgehead atoms. The van der Waals surface area contributed by atoms with Crippen molar-refractivity contribution in [3.8, 4) is 0 Å². The summed E-state index contributed by atoms with van der Waals surface area (Å²) in [5.41, 5.74) is 1.76. The van der Waals surface area contributed by atoms with Crippen molar-refractivity contribution in [2.75, 3.05) is 46.8 Å². The second kappa shape index (κ2) is 6.55. The molecule has 1 aromatic heterocycles. The van der Waals surface area contributed by atoms with Gasteiger partial charge in [0.1, 0.15) is 0 Å². The predicted octanol–water partition coefficient (Wildman–Crippen LogP) is 0.202. The van der Waals surface area contributed by atoms with Gasteiger partial charge < -0.3 is 19.5 Å². The summed E-state index contributed by atoms with van der Waals surface area (Å²) in [6, 6.07) is 5.24. The van der Waals surface area contributed by atoms with E-state index in [2.05, 4.69) is 5.32 Å². The second-order valence-corrected chi connectivity index (χ2v) is 6.05. The van der Waals surface area contributed by atoms with E-state index >= 15 is 0 Å². The fourth-order valence-corrected chi connectivity index (χ4v) is 2.76. The van der Waals surface area contributed by atoms with Crippen LogP contribution in [0.4, 0.5) is 0 Å². The zero-order valence-electron chi connectivity index (χ0n) is 13.5. The highest BCUT2D eigenvalue weighted by Crippen LogP contribution is 2.17. The molecule has 1 aliphatic heterocycles. The van der Waals surface area contributed by atoms with Crippen LogP contribution in [0.3, 0.4) is 0 Å². The number of nitrogens with one attached hydrogen (secondary N) is 1. The minimum Gasteiger partial charge on any atom is -0.408 e. The summed E-state index contributed by atoms with van der Waals surface area (Å²) in [5.74, 6) is -0.397. The van der Waals surface area contributed by atoms with Crippen molar-refractivity contribution in [2.45, 2.75) is 6.54 Å². The average molecular weight is 318 g/mol. The van der Waals surface area contributed by atoms with Crippen LogP contribution in [0.1, 0.15) is 10.4 Å². The Bertz CT molecular complexity index is 756. The lowest BCUT2D eigenvalue weighted by Crippen LogP contribution is -2.46. The first-order valence-corrected chi connectivity index (χ1v) is 7.84. The number of benzene rings is 1. The number of likely N-dealkylation sites (N-methyl/N-ethyl adjacent to an activating group) is 1. The van der Waals surface area contributed by atoms with E-state index in [1.165, 1.54) is 0 Å². The molecule has 7 nitrogen and oxygen atoms in total. The highest BCUT2D eigenvalue weighted by Gasteiger charge is 2.19. The Balaban J connectivity index is 1.87. The zero-order valence-corrected chi connectivity index (χ0v) is 13.5. The maximum atomic E-state index is 12.5. The summed E-state index contributed by atoms with van der Waals surface area (Å²) in [6.45, 7) is 4.32. The molecule has 7 heteroatoms. The Morgan fingerprint density at radius 2 is 2.04 bits per heavy atom. The number of amides is 1. The third-order valence-corrected chi connectivity index (χ3v) is 4.09. The van der Waals surface area contributed by atoms with Gasteiger partial charge >= 0.3 is 5.76 Å². The van der Waals surface area contributed by atoms with Crippen LogP contribution in [0, 0.1) is 0 Å². The van der Waals surface area contributed by atoms with E-state index in [-0.39, 0.29) is 11.7 Å². The first kappa shape index (κ1) is 15.8. The van der Waals surface area contributed by atoms with Gasteiger partial charge in [-0.05, 0) is 32.3 Å². The smallest absolute Gasteiger partial charge is 0.408 e. The predicted molar refractivity (Wildman–Crippen MR) is 87.8 cm³/mol. The largest absolute Gasteiger partial charge is 0.419 e. The molecule has 1 amide bonds. The minimum atomic E-state index is -0.381. The van der Waals surface area contributed by atoms with E-state index < -0.39 is 0 Å². The topological polar surface area (TPSA) is 70.7 Å². The molecule has 2 aromatic rings. The second-order valence-electron chi connectivity index (χ2n) is 6.05. The van der Waals surface area contributed by atoms with E-state index in [9.17, 15) is 9.59 Å². The summed E-state index contributed by atoms with van der Waals surface area (Å²) >= 11 is 0. The lowest BCUT2D eigenvalue weighted by atomic mass is 10.1. The summed E-state index contributed by atoms with van der Waals surface area (Å²) in [6.07, 6.45) is 0. The van der Waals surface area contributed by atoms with Gasteiger partial charge in [0.2, 0.25) is 0 Å². The summed E-state index contributed by atoms with van der Waals surface area (Å²) in [5, 5.41) is 3.22. The van der Waals surface area contributed by atoms with Crippen LogP contribution in [0.5, 0.6) is 0 Å². The number of oxazole rings is 1. The number of rotatable bonds is 4. The standard InChI is InChI=1S/C16H22N4O3/c1-18(2)9-10-20-13-4-3-12(11-14(13)23-16(20)22)15(21)19-7-5-17-6-8-19/h3-4,11,17H,5-10H2,1-2H3. The molecule has 1 aliphatic rings. The van der Waals surface area contributed by atoms with E-state index in [4.69, 9.17) is 4.42 Å². The molecule has 0 spiro atoms. The molecular weight excluding hydrogens is 296 g/mol. The number of fused-ring (bicyclic) bond motifs is 1. The van der Waals surface area contributed by atoms with Gasteiger partial charge in [0.05, 0.1) is 5.52 Å². The van der Waals surface area contributed by atoms with Gasteiger partial charge in [0, 0.05) is 44.8 Å². The van der Waals surface area contributed by atoms with Crippen LogP contribution in [0.15, 0.2) is 27.4 Å². The molecule has 0 atom stereocenters. The van der Waals surface area contributed by atoms with Crippen LogP contribution >= 0.6 is 0 Å². The molecule has 3 rings (SSSR count). The average Bonchev–Trinajstić information content (AvgIpc) is 2.87. The molecular formula is C16H22N4O3. The number of hydrogen-bond acceptors (Lipinski definition) is 5. The van der Waals surface area contributed by atoms with Crippen molar-refractivity contribution < 1.29 is 9.21 Å². The van der Waals surface area contributed by atoms with Gasteiger partial charge in [-0.25, -0.2) is 4.79 Å². The third-order valence-electron chi connectivity index (χ3n) is 4.09. The highest BCUT2D eigenvalue weighted by molar-refractivity contribution is 5.97. The Labute approximate surface area is 134 Å². The molecule has 23 heavy (non-hydrogen) atoms. The molecule has 1 fully saturated rings. The SMILES string of the molecule is CN(C)CCn1c(=O)oc2cc(C(=O)N3CCNCC3)ccc21. The molecule has 0 aliphatic carbocycles. The Hall–Kier alpha value is -2.12. The Morgan fingerprint density at radius 1 is 1.30 bits per heavy atom. The van der Waals surface area contributed by atoms with Crippen LogP contribution in [-0.2, 0) is 6.54 Å². The van der Waals surface area contributed by atoms with Gasteiger partial charge in [0.25, 0.3) is 5.91 Å². The summed E-state index contributed by atoms with van der Waals surface area (Å²) < 4.78 is 6.92. The zero-order chi connectivity index (χ0) is 16.4. The van der Waals surface area contributed by atoms with Crippen molar-refractivity contribution in [3.05, 3.63) is 34.3 Å². The van der Waals surface area contributed by atoms with E-state index in [1.54, 1.807) is 22.8 Å². The van der Waals surface area contributed by atoms with Crippen LogP contribution < -0.4 is 11.1 Å². The van der Waals surface area contributed by atoms with Crippen molar-refractivity contribution in [3.63, 3.8) is 0 Å².